The number of ketones is 1. The van der Waals surface area contributed by atoms with Crippen LogP contribution in [0.15, 0.2) is 22.7 Å². The van der Waals surface area contributed by atoms with Gasteiger partial charge in [0.25, 0.3) is 0 Å². The molecule has 0 fully saturated rings. The summed E-state index contributed by atoms with van der Waals surface area (Å²) in [4.78, 5) is 16.0. The summed E-state index contributed by atoms with van der Waals surface area (Å²) in [7, 11) is 0. The molecule has 0 atom stereocenters. The van der Waals surface area contributed by atoms with E-state index in [4.69, 9.17) is 5.41 Å². The Morgan fingerprint density at radius 3 is 3.00 bits per heavy atom. The minimum atomic E-state index is 0.175. The highest BCUT2D eigenvalue weighted by atomic mass is 79.9. The number of rotatable bonds is 0. The summed E-state index contributed by atoms with van der Waals surface area (Å²) in [6, 6.07) is 5.66. The van der Waals surface area contributed by atoms with E-state index in [1.807, 2.05) is 18.2 Å². The molecule has 4 nitrogen and oxygen atoms in total. The minimum Gasteiger partial charge on any atom is -0.307 e. The quantitative estimate of drug-likeness (QED) is 0.805. The second-order valence-corrected chi connectivity index (χ2v) is 5.08. The number of Topliss-reactive ketones (excluding diaryl/α,β-unsaturated/α-hetero) is 1. The monoisotopic (exact) mass is 291 g/mol. The molecular weight excluding hydrogens is 282 g/mol. The average molecular weight is 292 g/mol. The maximum absolute atomic E-state index is 11.4. The van der Waals surface area contributed by atoms with E-state index in [0.29, 0.717) is 18.3 Å². The number of carbonyl (C=O) groups is 1. The predicted molar refractivity (Wildman–Crippen MR) is 66.6 cm³/mol. The van der Waals surface area contributed by atoms with Crippen LogP contribution in [0.25, 0.3) is 10.9 Å². The van der Waals surface area contributed by atoms with Crippen LogP contribution < -0.4 is 5.49 Å². The molecule has 0 spiro atoms. The van der Waals surface area contributed by atoms with Gasteiger partial charge in [0.15, 0.2) is 5.78 Å². The van der Waals surface area contributed by atoms with E-state index in [1.54, 1.807) is 4.57 Å². The van der Waals surface area contributed by atoms with Crippen LogP contribution in [0, 0.1) is 5.41 Å². The lowest BCUT2D eigenvalue weighted by Crippen LogP contribution is -2.32. The molecule has 86 valence electrons. The maximum atomic E-state index is 11.4. The van der Waals surface area contributed by atoms with Crippen molar-refractivity contribution in [1.29, 1.82) is 5.41 Å². The molecule has 0 bridgehead atoms. The zero-order valence-electron chi connectivity index (χ0n) is 9.03. The van der Waals surface area contributed by atoms with Crippen LogP contribution >= 0.6 is 15.9 Å². The van der Waals surface area contributed by atoms with Crippen LogP contribution in [-0.4, -0.2) is 15.3 Å². The highest BCUT2D eigenvalue weighted by Gasteiger charge is 2.17. The number of aryl methyl sites for hydroxylation is 1. The van der Waals surface area contributed by atoms with Crippen LogP contribution in [0.2, 0.25) is 0 Å². The highest BCUT2D eigenvalue weighted by Crippen LogP contribution is 2.17. The number of benzene rings is 1. The molecule has 0 amide bonds. The second-order valence-electron chi connectivity index (χ2n) is 4.16. The lowest BCUT2D eigenvalue weighted by molar-refractivity contribution is -0.120. The zero-order valence-corrected chi connectivity index (χ0v) is 10.6. The highest BCUT2D eigenvalue weighted by molar-refractivity contribution is 9.10. The van der Waals surface area contributed by atoms with Gasteiger partial charge in [-0.1, -0.05) is 15.9 Å². The maximum Gasteiger partial charge on any atom is 0.153 e. The molecular formula is C12H10BrN3O. The third-order valence-electron chi connectivity index (χ3n) is 3.01. The Morgan fingerprint density at radius 2 is 2.18 bits per heavy atom. The van der Waals surface area contributed by atoms with Crippen LogP contribution in [0.1, 0.15) is 12.2 Å². The van der Waals surface area contributed by atoms with Crippen molar-refractivity contribution >= 4 is 32.6 Å². The van der Waals surface area contributed by atoms with Crippen LogP contribution in [0.5, 0.6) is 0 Å². The number of hydrogen-bond donors (Lipinski definition) is 1. The van der Waals surface area contributed by atoms with Gasteiger partial charge in [-0.25, -0.2) is 4.98 Å². The van der Waals surface area contributed by atoms with Crippen molar-refractivity contribution in [1.82, 2.24) is 9.55 Å². The summed E-state index contributed by atoms with van der Waals surface area (Å²) in [6.07, 6.45) is 1.17. The molecule has 1 aliphatic heterocycles. The van der Waals surface area contributed by atoms with Crippen LogP contribution in [-0.2, 0) is 17.8 Å². The molecule has 0 radical (unpaired) electrons. The van der Waals surface area contributed by atoms with Crippen LogP contribution in [0.4, 0.5) is 0 Å². The van der Waals surface area contributed by atoms with Gasteiger partial charge in [0, 0.05) is 22.7 Å². The Bertz CT molecular complexity index is 690. The first-order valence-corrected chi connectivity index (χ1v) is 6.20. The van der Waals surface area contributed by atoms with E-state index in [-0.39, 0.29) is 12.3 Å². The van der Waals surface area contributed by atoms with Crippen molar-refractivity contribution in [2.45, 2.75) is 19.4 Å². The first kappa shape index (κ1) is 10.7. The molecule has 2 aromatic rings. The van der Waals surface area contributed by atoms with Crippen molar-refractivity contribution in [3.8, 4) is 0 Å². The molecule has 17 heavy (non-hydrogen) atoms. The number of carbonyl (C=O) groups excluding carboxylic acids is 1. The SMILES string of the molecule is N=c1c2ccc(Br)cc2nc2n1CC(=O)CC2. The normalized spacial score (nSPS) is 15.0. The molecule has 0 aliphatic carbocycles. The van der Waals surface area contributed by atoms with E-state index < -0.39 is 0 Å². The van der Waals surface area contributed by atoms with Gasteiger partial charge in [0.1, 0.15) is 11.3 Å². The van der Waals surface area contributed by atoms with Crippen molar-refractivity contribution in [2.24, 2.45) is 0 Å². The Hall–Kier alpha value is -1.49. The largest absolute Gasteiger partial charge is 0.307 e. The molecule has 3 rings (SSSR count). The molecule has 0 unspecified atom stereocenters. The van der Waals surface area contributed by atoms with Gasteiger partial charge >= 0.3 is 0 Å². The van der Waals surface area contributed by atoms with Gasteiger partial charge in [0.05, 0.1) is 12.1 Å². The van der Waals surface area contributed by atoms with E-state index in [9.17, 15) is 4.79 Å². The zero-order chi connectivity index (χ0) is 12.0. The molecule has 1 N–H and O–H groups in total. The molecule has 0 saturated carbocycles. The number of fused-ring (bicyclic) bond motifs is 2. The standard InChI is InChI=1S/C12H10BrN3O/c13-7-1-3-9-10(5-7)15-11-4-2-8(17)6-16(11)12(9)14/h1,3,5,14H,2,4,6H2. The van der Waals surface area contributed by atoms with Crippen molar-refractivity contribution in [3.63, 3.8) is 0 Å². The van der Waals surface area contributed by atoms with Gasteiger partial charge in [-0.05, 0) is 18.2 Å². The average Bonchev–Trinajstić information content (AvgIpc) is 2.30. The topological polar surface area (TPSA) is 58.7 Å². The number of halogens is 1. The third kappa shape index (κ3) is 1.70. The molecule has 1 aliphatic rings. The van der Waals surface area contributed by atoms with E-state index in [0.717, 1.165) is 21.2 Å². The first-order chi connectivity index (χ1) is 8.15. The minimum absolute atomic E-state index is 0.175. The molecule has 1 aromatic heterocycles. The summed E-state index contributed by atoms with van der Waals surface area (Å²) < 4.78 is 2.66. The first-order valence-electron chi connectivity index (χ1n) is 5.40. The van der Waals surface area contributed by atoms with Gasteiger partial charge in [0.2, 0.25) is 0 Å². The Balaban J connectivity index is 2.36. The van der Waals surface area contributed by atoms with Crippen molar-refractivity contribution in [2.75, 3.05) is 0 Å². The predicted octanol–water partition coefficient (Wildman–Crippen LogP) is 1.79. The number of nitrogens with zero attached hydrogens (tertiary/aromatic N) is 2. The Morgan fingerprint density at radius 1 is 1.35 bits per heavy atom. The van der Waals surface area contributed by atoms with Gasteiger partial charge < -0.3 is 4.57 Å². The van der Waals surface area contributed by atoms with E-state index in [2.05, 4.69) is 20.9 Å². The lowest BCUT2D eigenvalue weighted by atomic mass is 10.1. The van der Waals surface area contributed by atoms with Crippen molar-refractivity contribution in [3.05, 3.63) is 34.0 Å². The summed E-state index contributed by atoms with van der Waals surface area (Å²) in [5, 5.41) is 8.92. The summed E-state index contributed by atoms with van der Waals surface area (Å²) in [5.41, 5.74) is 1.19. The molecule has 1 aromatic carbocycles. The fraction of sp³-hybridized carbons (Fsp3) is 0.250. The summed E-state index contributed by atoms with van der Waals surface area (Å²) >= 11 is 3.40. The molecule has 0 saturated heterocycles. The summed E-state index contributed by atoms with van der Waals surface area (Å²) in [5.74, 6) is 1.01. The van der Waals surface area contributed by atoms with E-state index >= 15 is 0 Å². The fourth-order valence-electron chi connectivity index (χ4n) is 2.14. The second kappa shape index (κ2) is 3.77. The molecule has 5 heteroatoms. The molecule has 2 heterocycles. The Kier molecular flexibility index (Phi) is 2.36. The van der Waals surface area contributed by atoms with Crippen molar-refractivity contribution < 1.29 is 4.79 Å². The number of aromatic nitrogens is 2. The third-order valence-corrected chi connectivity index (χ3v) is 3.50. The smallest absolute Gasteiger partial charge is 0.153 e. The fourth-order valence-corrected chi connectivity index (χ4v) is 2.49. The number of nitrogens with one attached hydrogen (secondary N) is 1. The lowest BCUT2D eigenvalue weighted by Gasteiger charge is -2.18. The number of hydrogen-bond acceptors (Lipinski definition) is 3. The van der Waals surface area contributed by atoms with Gasteiger partial charge in [-0.15, -0.1) is 0 Å². The van der Waals surface area contributed by atoms with Gasteiger partial charge in [-0.2, -0.15) is 0 Å². The van der Waals surface area contributed by atoms with E-state index in [1.165, 1.54) is 0 Å². The van der Waals surface area contributed by atoms with Crippen LogP contribution in [0.3, 0.4) is 0 Å². The Labute approximate surface area is 106 Å². The summed E-state index contributed by atoms with van der Waals surface area (Å²) in [6.45, 7) is 0.285. The van der Waals surface area contributed by atoms with Gasteiger partial charge in [-0.3, -0.25) is 10.2 Å².